The molecule has 0 radical (unpaired) electrons. The SMILES string of the molecule is C#C[C@@H](CCc1ccccc1)C1c2cccc(O)c2C(=O)c2c(O)cccc21. The van der Waals surface area contributed by atoms with Crippen LogP contribution in [0.15, 0.2) is 66.7 Å². The van der Waals surface area contributed by atoms with Crippen LogP contribution in [-0.4, -0.2) is 16.0 Å². The summed E-state index contributed by atoms with van der Waals surface area (Å²) >= 11 is 0. The number of hydrogen-bond donors (Lipinski definition) is 2. The molecule has 0 aromatic heterocycles. The molecule has 0 heterocycles. The lowest BCUT2D eigenvalue weighted by Gasteiger charge is -2.32. The van der Waals surface area contributed by atoms with Gasteiger partial charge in [-0.25, -0.2) is 0 Å². The largest absolute Gasteiger partial charge is 0.507 e. The van der Waals surface area contributed by atoms with Gasteiger partial charge in [0.05, 0.1) is 11.1 Å². The van der Waals surface area contributed by atoms with E-state index in [4.69, 9.17) is 6.42 Å². The second-order valence-corrected chi connectivity index (χ2v) is 7.09. The van der Waals surface area contributed by atoms with E-state index in [1.54, 1.807) is 12.1 Å². The van der Waals surface area contributed by atoms with Crippen molar-refractivity contribution in [1.82, 2.24) is 0 Å². The van der Waals surface area contributed by atoms with Crippen LogP contribution in [0.5, 0.6) is 11.5 Å². The second kappa shape index (κ2) is 7.25. The average Bonchev–Trinajstić information content (AvgIpc) is 2.71. The van der Waals surface area contributed by atoms with Crippen LogP contribution in [-0.2, 0) is 6.42 Å². The first-order chi connectivity index (χ1) is 13.6. The van der Waals surface area contributed by atoms with Crippen molar-refractivity contribution in [2.45, 2.75) is 18.8 Å². The van der Waals surface area contributed by atoms with Gasteiger partial charge in [-0.15, -0.1) is 12.3 Å². The van der Waals surface area contributed by atoms with E-state index in [0.29, 0.717) is 0 Å². The van der Waals surface area contributed by atoms with E-state index in [1.807, 2.05) is 30.3 Å². The van der Waals surface area contributed by atoms with Crippen LogP contribution in [0.4, 0.5) is 0 Å². The van der Waals surface area contributed by atoms with E-state index in [2.05, 4.69) is 18.1 Å². The van der Waals surface area contributed by atoms with Gasteiger partial charge in [0.15, 0.2) is 0 Å². The number of benzene rings is 3. The van der Waals surface area contributed by atoms with E-state index in [1.165, 1.54) is 17.7 Å². The molecule has 3 aromatic carbocycles. The minimum absolute atomic E-state index is 0.0831. The molecule has 0 aliphatic heterocycles. The fourth-order valence-corrected chi connectivity index (χ4v) is 4.17. The average molecular weight is 368 g/mol. The van der Waals surface area contributed by atoms with E-state index >= 15 is 0 Å². The molecule has 0 spiro atoms. The molecule has 3 nitrogen and oxygen atoms in total. The van der Waals surface area contributed by atoms with Gasteiger partial charge >= 0.3 is 0 Å². The summed E-state index contributed by atoms with van der Waals surface area (Å²) in [6.45, 7) is 0. The highest BCUT2D eigenvalue weighted by atomic mass is 16.3. The maximum atomic E-state index is 13.0. The van der Waals surface area contributed by atoms with E-state index in [9.17, 15) is 15.0 Å². The molecule has 1 aliphatic carbocycles. The monoisotopic (exact) mass is 368 g/mol. The molecule has 4 rings (SSSR count). The predicted molar refractivity (Wildman–Crippen MR) is 109 cm³/mol. The fraction of sp³-hybridized carbons (Fsp3) is 0.160. The van der Waals surface area contributed by atoms with Crippen molar-refractivity contribution < 1.29 is 15.0 Å². The van der Waals surface area contributed by atoms with Crippen LogP contribution < -0.4 is 0 Å². The Morgan fingerprint density at radius 2 is 1.43 bits per heavy atom. The fourth-order valence-electron chi connectivity index (χ4n) is 4.17. The first-order valence-corrected chi connectivity index (χ1v) is 9.30. The van der Waals surface area contributed by atoms with Crippen molar-refractivity contribution >= 4 is 5.78 Å². The van der Waals surface area contributed by atoms with Gasteiger partial charge in [-0.2, -0.15) is 0 Å². The normalized spacial score (nSPS) is 14.0. The Morgan fingerprint density at radius 1 is 0.857 bits per heavy atom. The topological polar surface area (TPSA) is 57.5 Å². The van der Waals surface area contributed by atoms with Crippen molar-refractivity contribution in [3.8, 4) is 23.8 Å². The van der Waals surface area contributed by atoms with Gasteiger partial charge in [-0.3, -0.25) is 4.79 Å². The third-order valence-electron chi connectivity index (χ3n) is 5.48. The number of aryl methyl sites for hydroxylation is 1. The number of carbonyl (C=O) groups is 1. The summed E-state index contributed by atoms with van der Waals surface area (Å²) in [5.74, 6) is 1.92. The Hall–Kier alpha value is -3.51. The van der Waals surface area contributed by atoms with Gasteiger partial charge in [-0.05, 0) is 41.7 Å². The minimum atomic E-state index is -0.365. The molecule has 28 heavy (non-hydrogen) atoms. The molecule has 2 N–H and O–H groups in total. The first kappa shape index (κ1) is 17.9. The van der Waals surface area contributed by atoms with E-state index in [0.717, 1.165) is 24.0 Å². The number of fused-ring (bicyclic) bond motifs is 2. The van der Waals surface area contributed by atoms with Crippen LogP contribution in [0.2, 0.25) is 0 Å². The Kier molecular flexibility index (Phi) is 4.63. The molecular formula is C25H20O3. The standard InChI is InChI=1S/C25H20O3/c1-2-17(15-14-16-8-4-3-5-9-16)22-18-10-6-12-20(26)23(18)25(28)24-19(22)11-7-13-21(24)27/h1,3-13,17,22,26-27H,14-15H2/t17-/m0/s1. The number of hydrogen-bond acceptors (Lipinski definition) is 3. The molecular weight excluding hydrogens is 348 g/mol. The Labute approximate surface area is 164 Å². The molecule has 1 aliphatic rings. The van der Waals surface area contributed by atoms with Crippen LogP contribution in [0.3, 0.4) is 0 Å². The van der Waals surface area contributed by atoms with Crippen LogP contribution in [0.1, 0.15) is 45.0 Å². The molecule has 1 atom stereocenters. The molecule has 0 saturated heterocycles. The summed E-state index contributed by atoms with van der Waals surface area (Å²) in [6, 6.07) is 20.2. The van der Waals surface area contributed by atoms with Crippen LogP contribution in [0.25, 0.3) is 0 Å². The number of terminal acetylenes is 1. The predicted octanol–water partition coefficient (Wildman–Crippen LogP) is 4.66. The van der Waals surface area contributed by atoms with Gasteiger partial charge in [0.1, 0.15) is 11.5 Å². The quantitative estimate of drug-likeness (QED) is 0.659. The molecule has 0 fully saturated rings. The first-order valence-electron chi connectivity index (χ1n) is 9.30. The summed E-state index contributed by atoms with van der Waals surface area (Å²) in [4.78, 5) is 13.0. The molecule has 0 bridgehead atoms. The molecule has 3 aromatic rings. The third-order valence-corrected chi connectivity index (χ3v) is 5.48. The van der Waals surface area contributed by atoms with E-state index < -0.39 is 0 Å². The third kappa shape index (κ3) is 2.93. The molecule has 3 heteroatoms. The Morgan fingerprint density at radius 3 is 1.96 bits per heavy atom. The van der Waals surface area contributed by atoms with Crippen molar-refractivity contribution in [1.29, 1.82) is 0 Å². The van der Waals surface area contributed by atoms with Crippen molar-refractivity contribution in [2.75, 3.05) is 0 Å². The summed E-state index contributed by atoms with van der Waals surface area (Å²) in [5.41, 5.74) is 3.11. The number of carbonyl (C=O) groups excluding carboxylic acids is 1. The smallest absolute Gasteiger partial charge is 0.201 e. The van der Waals surface area contributed by atoms with Crippen molar-refractivity contribution in [2.24, 2.45) is 5.92 Å². The Bertz CT molecular complexity index is 1020. The van der Waals surface area contributed by atoms with Gasteiger partial charge in [0.25, 0.3) is 0 Å². The van der Waals surface area contributed by atoms with Crippen molar-refractivity contribution in [3.63, 3.8) is 0 Å². The summed E-state index contributed by atoms with van der Waals surface area (Å²) < 4.78 is 0. The number of phenols is 2. The summed E-state index contributed by atoms with van der Waals surface area (Å²) in [7, 11) is 0. The maximum Gasteiger partial charge on any atom is 0.201 e. The molecule has 138 valence electrons. The summed E-state index contributed by atoms with van der Waals surface area (Å²) in [5, 5.41) is 20.7. The number of ketones is 1. The zero-order valence-corrected chi connectivity index (χ0v) is 15.3. The van der Waals surface area contributed by atoms with Crippen LogP contribution >= 0.6 is 0 Å². The molecule has 0 saturated carbocycles. The minimum Gasteiger partial charge on any atom is -0.507 e. The Balaban J connectivity index is 1.81. The van der Waals surface area contributed by atoms with E-state index in [-0.39, 0.29) is 40.2 Å². The lowest BCUT2D eigenvalue weighted by Crippen LogP contribution is -2.25. The molecule has 0 unspecified atom stereocenters. The van der Waals surface area contributed by atoms with Gasteiger partial charge < -0.3 is 10.2 Å². The van der Waals surface area contributed by atoms with Gasteiger partial charge in [0, 0.05) is 11.8 Å². The van der Waals surface area contributed by atoms with Crippen LogP contribution in [0, 0.1) is 18.3 Å². The number of phenolic OH excluding ortho intramolecular Hbond substituents is 2. The number of rotatable bonds is 4. The lowest BCUT2D eigenvalue weighted by molar-refractivity contribution is 0.102. The van der Waals surface area contributed by atoms with Crippen molar-refractivity contribution in [3.05, 3.63) is 94.5 Å². The highest BCUT2D eigenvalue weighted by Crippen LogP contribution is 2.46. The lowest BCUT2D eigenvalue weighted by atomic mass is 9.70. The molecule has 0 amide bonds. The zero-order valence-electron chi connectivity index (χ0n) is 15.3. The zero-order chi connectivity index (χ0) is 19.7. The second-order valence-electron chi connectivity index (χ2n) is 7.09. The number of aromatic hydroxyl groups is 2. The van der Waals surface area contributed by atoms with Gasteiger partial charge in [-0.1, -0.05) is 54.6 Å². The van der Waals surface area contributed by atoms with Gasteiger partial charge in [0.2, 0.25) is 5.78 Å². The maximum absolute atomic E-state index is 13.0. The summed E-state index contributed by atoms with van der Waals surface area (Å²) in [6.07, 6.45) is 7.47. The highest BCUT2D eigenvalue weighted by Gasteiger charge is 2.38. The highest BCUT2D eigenvalue weighted by molar-refractivity contribution is 6.15.